The highest BCUT2D eigenvalue weighted by Gasteiger charge is 2.47. The van der Waals surface area contributed by atoms with Crippen molar-refractivity contribution in [2.75, 3.05) is 4.90 Å². The smallest absolute Gasteiger partial charge is 0.260 e. The average molecular weight is 724 g/mol. The van der Waals surface area contributed by atoms with Crippen molar-refractivity contribution < 1.29 is 18.9 Å². The molecule has 4 aliphatic rings. The van der Waals surface area contributed by atoms with Gasteiger partial charge >= 0.3 is 0 Å². The van der Waals surface area contributed by atoms with Gasteiger partial charge < -0.3 is 18.9 Å². The van der Waals surface area contributed by atoms with Crippen LogP contribution in [0.25, 0.3) is 0 Å². The number of fused-ring (bicyclic) bond motifs is 8. The fourth-order valence-electron chi connectivity index (χ4n) is 9.23. The lowest BCUT2D eigenvalue weighted by Gasteiger charge is -2.41. The molecule has 55 heavy (non-hydrogen) atoms. The molecular formula is C48H30BNO4Si. The maximum absolute atomic E-state index is 6.91. The highest BCUT2D eigenvalue weighted by atomic mass is 28.3. The summed E-state index contributed by atoms with van der Waals surface area (Å²) in [5, 5.41) is 4.68. The molecule has 0 amide bonds. The van der Waals surface area contributed by atoms with Crippen LogP contribution in [0.2, 0.25) is 0 Å². The molecular weight excluding hydrogens is 693 g/mol. The molecule has 0 radical (unpaired) electrons. The molecule has 258 valence electrons. The Hall–Kier alpha value is -6.96. The highest BCUT2D eigenvalue weighted by molar-refractivity contribution is 7.20. The van der Waals surface area contributed by atoms with Gasteiger partial charge in [-0.3, -0.25) is 4.90 Å². The molecule has 12 rings (SSSR count). The number of hydrogen-bond acceptors (Lipinski definition) is 5. The Bertz CT molecular complexity index is 2530. The highest BCUT2D eigenvalue weighted by Crippen LogP contribution is 2.59. The fraction of sp³-hybridized carbons (Fsp3) is 0. The van der Waals surface area contributed by atoms with E-state index >= 15 is 0 Å². The number of ether oxygens (including phenoxy) is 4. The van der Waals surface area contributed by atoms with Crippen molar-refractivity contribution >= 4 is 69.0 Å². The molecule has 7 heteroatoms. The first kappa shape index (κ1) is 30.5. The van der Waals surface area contributed by atoms with Gasteiger partial charge in [0.1, 0.15) is 28.7 Å². The van der Waals surface area contributed by atoms with Crippen molar-refractivity contribution in [2.45, 2.75) is 0 Å². The Morgan fingerprint density at radius 3 is 1.22 bits per heavy atom. The predicted molar refractivity (Wildman–Crippen MR) is 223 cm³/mol. The zero-order valence-electron chi connectivity index (χ0n) is 29.5. The second kappa shape index (κ2) is 11.5. The molecule has 0 unspecified atom stereocenters. The monoisotopic (exact) mass is 723 g/mol. The second-order valence-electron chi connectivity index (χ2n) is 14.4. The fourth-order valence-corrected chi connectivity index (χ4v) is 14.0. The minimum absolute atomic E-state index is 0.0143. The number of nitrogens with zero attached hydrogens (tertiary/aromatic N) is 1. The van der Waals surface area contributed by atoms with Gasteiger partial charge in [0.05, 0.1) is 11.4 Å². The van der Waals surface area contributed by atoms with E-state index in [-0.39, 0.29) is 6.71 Å². The number of benzene rings is 8. The molecule has 0 saturated heterocycles. The molecule has 0 aromatic heterocycles. The van der Waals surface area contributed by atoms with Gasteiger partial charge in [0.15, 0.2) is 31.1 Å². The molecule has 8 aromatic rings. The summed E-state index contributed by atoms with van der Waals surface area (Å²) < 4.78 is 27.6. The molecule has 0 spiro atoms. The SMILES string of the molecule is c1ccc([Si](c2ccccc2)(c2cc3c4c(c2)Oc2ccccc2B4c2ccccc2O3)c2cc3c4c(c2)Oc2ccccc2N4c2ccccc2O3)cc1. The third-order valence-corrected chi connectivity index (χ3v) is 16.2. The van der Waals surface area contributed by atoms with Crippen LogP contribution in [0.5, 0.6) is 46.0 Å². The number of para-hydroxylation sites is 6. The van der Waals surface area contributed by atoms with Crippen molar-refractivity contribution in [1.82, 2.24) is 0 Å². The van der Waals surface area contributed by atoms with Crippen molar-refractivity contribution in [3.05, 3.63) is 182 Å². The summed E-state index contributed by atoms with van der Waals surface area (Å²) in [6.07, 6.45) is 0. The van der Waals surface area contributed by atoms with Crippen LogP contribution in [0.4, 0.5) is 17.1 Å². The Kier molecular flexibility index (Phi) is 6.39. The third kappa shape index (κ3) is 4.30. The quantitative estimate of drug-likeness (QED) is 0.139. The molecule has 0 fully saturated rings. The molecule has 0 aliphatic carbocycles. The number of rotatable bonds is 4. The summed E-state index contributed by atoms with van der Waals surface area (Å²) >= 11 is 0. The molecule has 0 N–H and O–H groups in total. The van der Waals surface area contributed by atoms with E-state index in [1.807, 2.05) is 36.4 Å². The van der Waals surface area contributed by atoms with Crippen LogP contribution in [0.3, 0.4) is 0 Å². The summed E-state index contributed by atoms with van der Waals surface area (Å²) in [6.45, 7) is -0.0143. The van der Waals surface area contributed by atoms with Crippen LogP contribution in [0.15, 0.2) is 182 Å². The van der Waals surface area contributed by atoms with Crippen molar-refractivity contribution in [3.63, 3.8) is 0 Å². The zero-order valence-corrected chi connectivity index (χ0v) is 30.5. The first-order chi connectivity index (χ1) is 27.3. The van der Waals surface area contributed by atoms with Crippen molar-refractivity contribution in [3.8, 4) is 46.0 Å². The van der Waals surface area contributed by atoms with Gasteiger partial charge in [-0.2, -0.15) is 0 Å². The second-order valence-corrected chi connectivity index (χ2v) is 18.2. The van der Waals surface area contributed by atoms with E-state index < -0.39 is 8.07 Å². The van der Waals surface area contributed by atoms with E-state index in [2.05, 4.69) is 150 Å². The van der Waals surface area contributed by atoms with Crippen LogP contribution >= 0.6 is 0 Å². The van der Waals surface area contributed by atoms with Crippen molar-refractivity contribution in [2.24, 2.45) is 0 Å². The Labute approximate surface area is 319 Å². The van der Waals surface area contributed by atoms with E-state index in [4.69, 9.17) is 18.9 Å². The standard InChI is InChI=1S/C48H30BNO4Si/c1-3-15-31(16-4-1)55(32-17-5-2-6-18-32,33-27-43-47-44(28-33)52-40-24-12-8-20-36(40)49(47)35-19-7-11-23-39(35)51-43)34-29-45-48-46(30-34)54-42-26-14-10-22-38(42)50(48)37-21-9-13-25-41(37)53-45/h1-30H. The first-order valence-corrected chi connectivity index (χ1v) is 20.6. The summed E-state index contributed by atoms with van der Waals surface area (Å²) in [6, 6.07) is 64.1. The van der Waals surface area contributed by atoms with Gasteiger partial charge in [-0.15, -0.1) is 0 Å². The maximum Gasteiger partial charge on any atom is 0.260 e. The van der Waals surface area contributed by atoms with Crippen LogP contribution in [-0.4, -0.2) is 14.8 Å². The number of anilines is 3. The molecule has 0 atom stereocenters. The lowest BCUT2D eigenvalue weighted by atomic mass is 9.35. The Balaban J connectivity index is 1.17. The van der Waals surface area contributed by atoms with Crippen LogP contribution in [0, 0.1) is 0 Å². The van der Waals surface area contributed by atoms with Crippen LogP contribution in [-0.2, 0) is 0 Å². The van der Waals surface area contributed by atoms with Gasteiger partial charge in [-0.1, -0.05) is 121 Å². The maximum atomic E-state index is 6.91. The molecule has 4 heterocycles. The summed E-state index contributed by atoms with van der Waals surface area (Å²) in [5.74, 6) is 6.45. The minimum Gasteiger partial charge on any atom is -0.458 e. The van der Waals surface area contributed by atoms with E-state index in [0.717, 1.165) is 89.8 Å². The van der Waals surface area contributed by atoms with Gasteiger partial charge in [0, 0.05) is 5.46 Å². The molecule has 0 saturated carbocycles. The van der Waals surface area contributed by atoms with E-state index in [0.29, 0.717) is 0 Å². The molecule has 4 aliphatic heterocycles. The van der Waals surface area contributed by atoms with E-state index in [1.54, 1.807) is 0 Å². The predicted octanol–water partition coefficient (Wildman–Crippen LogP) is 7.47. The largest absolute Gasteiger partial charge is 0.458 e. The van der Waals surface area contributed by atoms with Crippen LogP contribution < -0.4 is 61.0 Å². The molecule has 5 nitrogen and oxygen atoms in total. The van der Waals surface area contributed by atoms with Gasteiger partial charge in [-0.25, -0.2) is 0 Å². The normalized spacial score (nSPS) is 13.6. The van der Waals surface area contributed by atoms with Crippen molar-refractivity contribution in [1.29, 1.82) is 0 Å². The summed E-state index contributed by atoms with van der Waals surface area (Å²) in [4.78, 5) is 2.28. The zero-order chi connectivity index (χ0) is 36.1. The lowest BCUT2D eigenvalue weighted by Crippen LogP contribution is -2.75. The molecule has 0 bridgehead atoms. The third-order valence-electron chi connectivity index (χ3n) is 11.5. The summed E-state index contributed by atoms with van der Waals surface area (Å²) in [5.41, 5.74) is 6.19. The lowest BCUT2D eigenvalue weighted by molar-refractivity contribution is 0.446. The Morgan fingerprint density at radius 1 is 0.345 bits per heavy atom. The Morgan fingerprint density at radius 2 is 0.727 bits per heavy atom. The molecule has 8 aromatic carbocycles. The topological polar surface area (TPSA) is 40.2 Å². The minimum atomic E-state index is -3.21. The van der Waals surface area contributed by atoms with E-state index in [1.165, 1.54) is 10.4 Å². The average Bonchev–Trinajstić information content (AvgIpc) is 3.24. The van der Waals surface area contributed by atoms with E-state index in [9.17, 15) is 0 Å². The van der Waals surface area contributed by atoms with Crippen LogP contribution in [0.1, 0.15) is 0 Å². The summed E-state index contributed by atoms with van der Waals surface area (Å²) in [7, 11) is -3.21. The van der Waals surface area contributed by atoms with Gasteiger partial charge in [0.2, 0.25) is 0 Å². The first-order valence-electron chi connectivity index (χ1n) is 18.6. The number of hydrogen-bond donors (Lipinski definition) is 0. The van der Waals surface area contributed by atoms with Gasteiger partial charge in [0.25, 0.3) is 6.71 Å². The van der Waals surface area contributed by atoms with Gasteiger partial charge in [-0.05, 0) is 92.3 Å².